The maximum Gasteiger partial charge on any atom is 0.309 e. The molecule has 0 aliphatic heterocycles. The lowest BCUT2D eigenvalue weighted by molar-refractivity contribution is -0.147. The minimum Gasteiger partial charge on any atom is -0.481 e. The zero-order chi connectivity index (χ0) is 14.8. The molecule has 0 aliphatic rings. The average molecular weight is 274 g/mol. The summed E-state index contributed by atoms with van der Waals surface area (Å²) in [5.41, 5.74) is 0.552. The van der Waals surface area contributed by atoms with Gasteiger partial charge in [0.1, 0.15) is 5.69 Å². The maximum absolute atomic E-state index is 12.0. The number of aromatic amines is 1. The first-order valence-corrected chi connectivity index (χ1v) is 6.49. The molecule has 0 bridgehead atoms. The SMILES string of the molecule is CC(C)(CCNC(=O)c1cc2ccccc2[nH]1)C(=O)O. The van der Waals surface area contributed by atoms with E-state index in [2.05, 4.69) is 10.3 Å². The highest BCUT2D eigenvalue weighted by Crippen LogP contribution is 2.19. The molecule has 0 aliphatic carbocycles. The van der Waals surface area contributed by atoms with Crippen LogP contribution in [0.15, 0.2) is 30.3 Å². The van der Waals surface area contributed by atoms with E-state index in [0.717, 1.165) is 10.9 Å². The van der Waals surface area contributed by atoms with E-state index in [-0.39, 0.29) is 5.91 Å². The van der Waals surface area contributed by atoms with Gasteiger partial charge < -0.3 is 15.4 Å². The quantitative estimate of drug-likeness (QED) is 0.783. The average Bonchev–Trinajstić information content (AvgIpc) is 2.82. The molecule has 0 saturated heterocycles. The first kappa shape index (κ1) is 14.1. The van der Waals surface area contributed by atoms with Crippen LogP contribution in [-0.2, 0) is 4.79 Å². The first-order valence-electron chi connectivity index (χ1n) is 6.49. The number of amides is 1. The van der Waals surface area contributed by atoms with Crippen molar-refractivity contribution < 1.29 is 14.7 Å². The van der Waals surface area contributed by atoms with Crippen molar-refractivity contribution in [1.29, 1.82) is 0 Å². The fourth-order valence-electron chi connectivity index (χ4n) is 1.89. The van der Waals surface area contributed by atoms with Crippen LogP contribution < -0.4 is 5.32 Å². The van der Waals surface area contributed by atoms with E-state index in [9.17, 15) is 9.59 Å². The Kier molecular flexibility index (Phi) is 3.79. The Balaban J connectivity index is 1.97. The normalized spacial score (nSPS) is 11.5. The van der Waals surface area contributed by atoms with E-state index in [1.54, 1.807) is 19.9 Å². The van der Waals surface area contributed by atoms with Gasteiger partial charge in [-0.05, 0) is 32.4 Å². The lowest BCUT2D eigenvalue weighted by Gasteiger charge is -2.18. The number of rotatable bonds is 5. The zero-order valence-corrected chi connectivity index (χ0v) is 11.6. The molecule has 20 heavy (non-hydrogen) atoms. The summed E-state index contributed by atoms with van der Waals surface area (Å²) in [6, 6.07) is 9.42. The lowest BCUT2D eigenvalue weighted by Crippen LogP contribution is -2.32. The predicted molar refractivity (Wildman–Crippen MR) is 76.7 cm³/mol. The second-order valence-electron chi connectivity index (χ2n) is 5.47. The van der Waals surface area contributed by atoms with Crippen LogP contribution >= 0.6 is 0 Å². The molecule has 0 spiro atoms. The van der Waals surface area contributed by atoms with Gasteiger partial charge in [0.2, 0.25) is 0 Å². The molecule has 1 amide bonds. The van der Waals surface area contributed by atoms with E-state index in [4.69, 9.17) is 5.11 Å². The molecule has 5 nitrogen and oxygen atoms in total. The number of hydrogen-bond donors (Lipinski definition) is 3. The van der Waals surface area contributed by atoms with Gasteiger partial charge in [0.15, 0.2) is 0 Å². The monoisotopic (exact) mass is 274 g/mol. The van der Waals surface area contributed by atoms with Crippen LogP contribution in [0.2, 0.25) is 0 Å². The molecule has 0 radical (unpaired) electrons. The van der Waals surface area contributed by atoms with Gasteiger partial charge in [-0.25, -0.2) is 0 Å². The Morgan fingerprint density at radius 1 is 1.30 bits per heavy atom. The molecule has 5 heteroatoms. The van der Waals surface area contributed by atoms with E-state index >= 15 is 0 Å². The number of carboxylic acid groups (broad SMARTS) is 1. The van der Waals surface area contributed by atoms with Crippen molar-refractivity contribution >= 4 is 22.8 Å². The van der Waals surface area contributed by atoms with Gasteiger partial charge in [0.05, 0.1) is 5.41 Å². The van der Waals surface area contributed by atoms with Gasteiger partial charge >= 0.3 is 5.97 Å². The molecule has 2 rings (SSSR count). The Morgan fingerprint density at radius 2 is 2.00 bits per heavy atom. The summed E-state index contributed by atoms with van der Waals surface area (Å²) in [5, 5.41) is 12.7. The third-order valence-corrected chi connectivity index (χ3v) is 3.39. The summed E-state index contributed by atoms with van der Waals surface area (Å²) in [7, 11) is 0. The van der Waals surface area contributed by atoms with Crippen molar-refractivity contribution in [3.05, 3.63) is 36.0 Å². The fraction of sp³-hybridized carbons (Fsp3) is 0.333. The predicted octanol–water partition coefficient (Wildman–Crippen LogP) is 2.40. The summed E-state index contributed by atoms with van der Waals surface area (Å²) in [6.07, 6.45) is 0.383. The van der Waals surface area contributed by atoms with Gasteiger partial charge in [0.25, 0.3) is 5.91 Å². The number of carbonyl (C=O) groups excluding carboxylic acids is 1. The van der Waals surface area contributed by atoms with Gasteiger partial charge in [0, 0.05) is 17.4 Å². The van der Waals surface area contributed by atoms with Crippen molar-refractivity contribution in [3.8, 4) is 0 Å². The minimum absolute atomic E-state index is 0.220. The van der Waals surface area contributed by atoms with Crippen molar-refractivity contribution in [3.63, 3.8) is 0 Å². The molecule has 0 saturated carbocycles. The largest absolute Gasteiger partial charge is 0.481 e. The number of fused-ring (bicyclic) bond motifs is 1. The van der Waals surface area contributed by atoms with Gasteiger partial charge in [-0.2, -0.15) is 0 Å². The highest BCUT2D eigenvalue weighted by Gasteiger charge is 2.26. The summed E-state index contributed by atoms with van der Waals surface area (Å²) in [5.74, 6) is -1.08. The Labute approximate surface area is 117 Å². The summed E-state index contributed by atoms with van der Waals surface area (Å²) in [6.45, 7) is 3.61. The molecule has 1 aromatic heterocycles. The third kappa shape index (κ3) is 2.99. The number of carbonyl (C=O) groups is 2. The molecule has 3 N–H and O–H groups in total. The summed E-state index contributed by atoms with van der Waals surface area (Å²) < 4.78 is 0. The number of nitrogens with one attached hydrogen (secondary N) is 2. The molecule has 1 aromatic carbocycles. The second kappa shape index (κ2) is 5.36. The maximum atomic E-state index is 12.0. The summed E-state index contributed by atoms with van der Waals surface area (Å²) >= 11 is 0. The molecular formula is C15H18N2O3. The number of carboxylic acids is 1. The van der Waals surface area contributed by atoms with Crippen molar-refractivity contribution in [2.75, 3.05) is 6.54 Å². The number of H-pyrrole nitrogens is 1. The topological polar surface area (TPSA) is 82.2 Å². The van der Waals surface area contributed by atoms with E-state index < -0.39 is 11.4 Å². The van der Waals surface area contributed by atoms with Crippen LogP contribution in [0.4, 0.5) is 0 Å². The molecule has 2 aromatic rings. The highest BCUT2D eigenvalue weighted by atomic mass is 16.4. The molecule has 0 unspecified atom stereocenters. The lowest BCUT2D eigenvalue weighted by atomic mass is 9.90. The highest BCUT2D eigenvalue weighted by molar-refractivity contribution is 5.97. The molecule has 1 heterocycles. The number of aliphatic carboxylic acids is 1. The Bertz CT molecular complexity index is 610. The fourth-order valence-corrected chi connectivity index (χ4v) is 1.89. The number of benzene rings is 1. The number of aromatic nitrogens is 1. The van der Waals surface area contributed by atoms with Gasteiger partial charge in [-0.3, -0.25) is 9.59 Å². The van der Waals surface area contributed by atoms with Crippen molar-refractivity contribution in [1.82, 2.24) is 10.3 Å². The zero-order valence-electron chi connectivity index (χ0n) is 11.6. The van der Waals surface area contributed by atoms with Gasteiger partial charge in [-0.15, -0.1) is 0 Å². The van der Waals surface area contributed by atoms with Crippen molar-refractivity contribution in [2.24, 2.45) is 5.41 Å². The minimum atomic E-state index is -0.864. The molecule has 0 atom stereocenters. The van der Waals surface area contributed by atoms with Gasteiger partial charge in [-0.1, -0.05) is 18.2 Å². The Hall–Kier alpha value is -2.30. The number of hydrogen-bond acceptors (Lipinski definition) is 2. The van der Waals surface area contributed by atoms with Crippen LogP contribution in [0.3, 0.4) is 0 Å². The van der Waals surface area contributed by atoms with Crippen LogP contribution in [0.5, 0.6) is 0 Å². The van der Waals surface area contributed by atoms with Crippen molar-refractivity contribution in [2.45, 2.75) is 20.3 Å². The third-order valence-electron chi connectivity index (χ3n) is 3.39. The van der Waals surface area contributed by atoms with E-state index in [1.165, 1.54) is 0 Å². The Morgan fingerprint density at radius 3 is 2.65 bits per heavy atom. The van der Waals surface area contributed by atoms with Crippen LogP contribution in [0.25, 0.3) is 10.9 Å². The smallest absolute Gasteiger partial charge is 0.309 e. The molecular weight excluding hydrogens is 256 g/mol. The van der Waals surface area contributed by atoms with Crippen LogP contribution in [0.1, 0.15) is 30.8 Å². The van der Waals surface area contributed by atoms with E-state index in [0.29, 0.717) is 18.7 Å². The summed E-state index contributed by atoms with van der Waals surface area (Å²) in [4.78, 5) is 26.0. The van der Waals surface area contributed by atoms with Crippen LogP contribution in [0, 0.1) is 5.41 Å². The number of para-hydroxylation sites is 1. The molecule has 0 fully saturated rings. The first-order chi connectivity index (χ1) is 9.40. The van der Waals surface area contributed by atoms with E-state index in [1.807, 2.05) is 24.3 Å². The standard InChI is InChI=1S/C15H18N2O3/c1-15(2,14(19)20)7-8-16-13(18)12-9-10-5-3-4-6-11(10)17-12/h3-6,9,17H,7-8H2,1-2H3,(H,16,18)(H,19,20). The second-order valence-corrected chi connectivity index (χ2v) is 5.47. The van der Waals surface area contributed by atoms with Crippen LogP contribution in [-0.4, -0.2) is 28.5 Å². The molecule has 106 valence electrons.